The molecule has 0 aliphatic heterocycles. The highest BCUT2D eigenvalue weighted by Crippen LogP contribution is 1.90. The van der Waals surface area contributed by atoms with Gasteiger partial charge in [-0.15, -0.1) is 0 Å². The molecule has 0 bridgehead atoms. The molecule has 0 radical (unpaired) electrons. The first-order valence-corrected chi connectivity index (χ1v) is 6.90. The number of rotatable bonds is 7. The number of ether oxygens (including phenoxy) is 1. The lowest BCUT2D eigenvalue weighted by Gasteiger charge is -2.01. The van der Waals surface area contributed by atoms with E-state index in [1.165, 1.54) is 0 Å². The zero-order chi connectivity index (χ0) is 11.2. The highest BCUT2D eigenvalue weighted by atomic mass is 32.2. The van der Waals surface area contributed by atoms with Crippen molar-refractivity contribution in [1.29, 1.82) is 0 Å². The van der Waals surface area contributed by atoms with E-state index in [1.54, 1.807) is 0 Å². The maximum Gasteiger partial charge on any atom is 0.267 e. The van der Waals surface area contributed by atoms with Crippen LogP contribution in [0.15, 0.2) is 0 Å². The molecule has 0 saturated heterocycles. The predicted molar refractivity (Wildman–Crippen MR) is 48.3 cm³/mol. The molecular weight excluding hydrogens is 236 g/mol. The maximum absolute atomic E-state index is 10.2. The zero-order valence-electron chi connectivity index (χ0n) is 7.29. The van der Waals surface area contributed by atoms with Gasteiger partial charge in [0, 0.05) is 6.61 Å². The molecule has 0 aromatic rings. The van der Waals surface area contributed by atoms with Crippen molar-refractivity contribution in [2.24, 2.45) is 0 Å². The van der Waals surface area contributed by atoms with Crippen molar-refractivity contribution < 1.29 is 30.7 Å². The van der Waals surface area contributed by atoms with Crippen LogP contribution in [0.4, 0.5) is 0 Å². The van der Waals surface area contributed by atoms with Crippen LogP contribution >= 0.6 is 0 Å². The molecule has 0 fully saturated rings. The Morgan fingerprint density at radius 2 is 1.36 bits per heavy atom. The SMILES string of the molecule is O=S(=O)(O)CCCOCCS(=O)(=O)O. The second-order valence-corrected chi connectivity index (χ2v) is 5.68. The Hall–Kier alpha value is -0.220. The van der Waals surface area contributed by atoms with Gasteiger partial charge >= 0.3 is 0 Å². The molecular formula is C5H12O7S2. The smallest absolute Gasteiger partial charge is 0.267 e. The van der Waals surface area contributed by atoms with Gasteiger partial charge in [0.1, 0.15) is 0 Å². The first-order valence-electron chi connectivity index (χ1n) is 3.69. The van der Waals surface area contributed by atoms with E-state index < -0.39 is 31.7 Å². The Labute approximate surface area is 82.6 Å². The van der Waals surface area contributed by atoms with Crippen LogP contribution in [-0.2, 0) is 25.0 Å². The molecule has 7 nitrogen and oxygen atoms in total. The molecule has 0 aliphatic carbocycles. The number of hydrogen-bond acceptors (Lipinski definition) is 5. The highest BCUT2D eigenvalue weighted by Gasteiger charge is 2.05. The van der Waals surface area contributed by atoms with Gasteiger partial charge in [-0.25, -0.2) is 0 Å². The Kier molecular flexibility index (Phi) is 5.52. The lowest BCUT2D eigenvalue weighted by Crippen LogP contribution is -2.13. The third-order valence-electron chi connectivity index (χ3n) is 1.18. The topological polar surface area (TPSA) is 118 Å². The fraction of sp³-hybridized carbons (Fsp3) is 1.00. The molecule has 2 N–H and O–H groups in total. The van der Waals surface area contributed by atoms with Crippen LogP contribution < -0.4 is 0 Å². The molecule has 14 heavy (non-hydrogen) atoms. The van der Waals surface area contributed by atoms with Crippen LogP contribution in [0.2, 0.25) is 0 Å². The van der Waals surface area contributed by atoms with E-state index in [-0.39, 0.29) is 19.6 Å². The van der Waals surface area contributed by atoms with Crippen LogP contribution in [0.25, 0.3) is 0 Å². The van der Waals surface area contributed by atoms with Gasteiger partial charge in [-0.05, 0) is 6.42 Å². The van der Waals surface area contributed by atoms with Crippen molar-refractivity contribution in [1.82, 2.24) is 0 Å². The zero-order valence-corrected chi connectivity index (χ0v) is 8.92. The van der Waals surface area contributed by atoms with Gasteiger partial charge < -0.3 is 4.74 Å². The summed E-state index contributed by atoms with van der Waals surface area (Å²) in [5.41, 5.74) is 0. The van der Waals surface area contributed by atoms with Crippen LogP contribution in [0, 0.1) is 0 Å². The monoisotopic (exact) mass is 248 g/mol. The fourth-order valence-electron chi connectivity index (χ4n) is 0.610. The summed E-state index contributed by atoms with van der Waals surface area (Å²) in [5, 5.41) is 0. The van der Waals surface area contributed by atoms with Crippen molar-refractivity contribution in [2.75, 3.05) is 24.7 Å². The van der Waals surface area contributed by atoms with E-state index in [1.807, 2.05) is 0 Å². The largest absolute Gasteiger partial charge is 0.380 e. The summed E-state index contributed by atoms with van der Waals surface area (Å²) in [5.74, 6) is -0.961. The van der Waals surface area contributed by atoms with Crippen molar-refractivity contribution >= 4 is 20.2 Å². The standard InChI is InChI=1S/C5H12O7S2/c6-13(7,8)4-1-2-12-3-5-14(9,10)11/h1-5H2,(H,6,7,8)(H,9,10,11). The summed E-state index contributed by atoms with van der Waals surface area (Å²) in [4.78, 5) is 0. The van der Waals surface area contributed by atoms with Crippen LogP contribution in [-0.4, -0.2) is 50.7 Å². The Bertz CT molecular complexity index is 304. The van der Waals surface area contributed by atoms with Crippen molar-refractivity contribution in [2.45, 2.75) is 6.42 Å². The van der Waals surface area contributed by atoms with E-state index >= 15 is 0 Å². The summed E-state index contributed by atoms with van der Waals surface area (Å²) >= 11 is 0. The summed E-state index contributed by atoms with van der Waals surface area (Å²) in [6.07, 6.45) is 0.0737. The van der Waals surface area contributed by atoms with Crippen molar-refractivity contribution in [3.63, 3.8) is 0 Å². The fourth-order valence-corrected chi connectivity index (χ4v) is 1.42. The van der Waals surface area contributed by atoms with Crippen LogP contribution in [0.3, 0.4) is 0 Å². The molecule has 0 rings (SSSR count). The molecule has 0 unspecified atom stereocenters. The van der Waals surface area contributed by atoms with Crippen LogP contribution in [0.1, 0.15) is 6.42 Å². The molecule has 0 aromatic heterocycles. The molecule has 0 spiro atoms. The molecule has 0 aromatic carbocycles. The second-order valence-electron chi connectivity index (χ2n) is 2.54. The molecule has 86 valence electrons. The average Bonchev–Trinajstić information content (AvgIpc) is 1.92. The highest BCUT2D eigenvalue weighted by molar-refractivity contribution is 7.86. The second kappa shape index (κ2) is 5.61. The summed E-state index contributed by atoms with van der Waals surface area (Å²) in [6, 6.07) is 0. The molecule has 0 heterocycles. The third kappa shape index (κ3) is 11.8. The molecule has 0 amide bonds. The normalized spacial score (nSPS) is 13.0. The minimum absolute atomic E-state index is 0.00924. The molecule has 0 atom stereocenters. The van der Waals surface area contributed by atoms with Gasteiger partial charge in [0.15, 0.2) is 0 Å². The van der Waals surface area contributed by atoms with Gasteiger partial charge in [0.2, 0.25) is 0 Å². The van der Waals surface area contributed by atoms with E-state index in [9.17, 15) is 16.8 Å². The Morgan fingerprint density at radius 1 is 0.857 bits per heavy atom. The Balaban J connectivity index is 3.41. The molecule has 9 heteroatoms. The Morgan fingerprint density at radius 3 is 1.79 bits per heavy atom. The number of hydrogen-bond donors (Lipinski definition) is 2. The minimum atomic E-state index is -4.03. The lowest BCUT2D eigenvalue weighted by molar-refractivity contribution is 0.148. The van der Waals surface area contributed by atoms with E-state index in [0.717, 1.165) is 0 Å². The summed E-state index contributed by atoms with van der Waals surface area (Å²) in [7, 11) is -8.02. The third-order valence-corrected chi connectivity index (χ3v) is 2.66. The minimum Gasteiger partial charge on any atom is -0.380 e. The summed E-state index contributed by atoms with van der Waals surface area (Å²) in [6.45, 7) is -0.195. The van der Waals surface area contributed by atoms with Gasteiger partial charge in [-0.1, -0.05) is 0 Å². The van der Waals surface area contributed by atoms with Crippen molar-refractivity contribution in [3.05, 3.63) is 0 Å². The van der Waals surface area contributed by atoms with E-state index in [0.29, 0.717) is 0 Å². The van der Waals surface area contributed by atoms with Gasteiger partial charge in [-0.2, -0.15) is 16.8 Å². The first kappa shape index (κ1) is 13.8. The average molecular weight is 248 g/mol. The van der Waals surface area contributed by atoms with Gasteiger partial charge in [0.25, 0.3) is 20.2 Å². The van der Waals surface area contributed by atoms with E-state index in [2.05, 4.69) is 0 Å². The quantitative estimate of drug-likeness (QED) is 0.446. The molecule has 0 saturated carbocycles. The summed E-state index contributed by atoms with van der Waals surface area (Å²) < 4.78 is 61.9. The maximum atomic E-state index is 10.2. The van der Waals surface area contributed by atoms with Gasteiger partial charge in [-0.3, -0.25) is 9.11 Å². The predicted octanol–water partition coefficient (Wildman–Crippen LogP) is -0.831. The van der Waals surface area contributed by atoms with Crippen molar-refractivity contribution in [3.8, 4) is 0 Å². The lowest BCUT2D eigenvalue weighted by atomic mass is 10.5. The van der Waals surface area contributed by atoms with Crippen LogP contribution in [0.5, 0.6) is 0 Å². The van der Waals surface area contributed by atoms with E-state index in [4.69, 9.17) is 13.8 Å². The van der Waals surface area contributed by atoms with Gasteiger partial charge in [0.05, 0.1) is 18.1 Å². The first-order chi connectivity index (χ1) is 6.21. The molecule has 0 aliphatic rings.